The largest absolute Gasteiger partial charge is 0.384 e. The molecule has 0 radical (unpaired) electrons. The Morgan fingerprint density at radius 2 is 1.94 bits per heavy atom. The fraction of sp³-hybridized carbons (Fsp3) is 0.231. The van der Waals surface area contributed by atoms with Crippen molar-refractivity contribution in [1.82, 2.24) is 9.97 Å². The van der Waals surface area contributed by atoms with E-state index in [9.17, 15) is 0 Å². The zero-order valence-electron chi connectivity index (χ0n) is 9.99. The Hall–Kier alpha value is -2.10. The SMILES string of the molecule is CC(C)c1nc(-c2ccc(C(=N)N)cc2)c[nH]1. The van der Waals surface area contributed by atoms with Crippen LogP contribution in [0.5, 0.6) is 0 Å². The average Bonchev–Trinajstić information content (AvgIpc) is 2.78. The monoisotopic (exact) mass is 228 g/mol. The highest BCUT2D eigenvalue weighted by Gasteiger charge is 2.06. The van der Waals surface area contributed by atoms with Crippen LogP contribution in [0.1, 0.15) is 31.2 Å². The molecule has 0 bridgehead atoms. The smallest absolute Gasteiger partial charge is 0.122 e. The van der Waals surface area contributed by atoms with E-state index < -0.39 is 0 Å². The molecule has 0 aliphatic heterocycles. The summed E-state index contributed by atoms with van der Waals surface area (Å²) in [5, 5.41) is 7.33. The lowest BCUT2D eigenvalue weighted by Crippen LogP contribution is -2.10. The minimum absolute atomic E-state index is 0.0847. The highest BCUT2D eigenvalue weighted by molar-refractivity contribution is 5.95. The predicted molar refractivity (Wildman–Crippen MR) is 69.1 cm³/mol. The number of H-pyrrole nitrogens is 1. The fourth-order valence-electron chi connectivity index (χ4n) is 1.60. The molecule has 1 heterocycles. The van der Waals surface area contributed by atoms with Crippen LogP contribution in [-0.4, -0.2) is 15.8 Å². The van der Waals surface area contributed by atoms with Crippen LogP contribution in [0.15, 0.2) is 30.5 Å². The Labute approximate surface area is 100 Å². The molecule has 0 unspecified atom stereocenters. The number of imidazole rings is 1. The summed E-state index contributed by atoms with van der Waals surface area (Å²) in [5.74, 6) is 1.46. The van der Waals surface area contributed by atoms with Gasteiger partial charge in [-0.05, 0) is 0 Å². The summed E-state index contributed by atoms with van der Waals surface area (Å²) in [6.07, 6.45) is 1.90. The van der Waals surface area contributed by atoms with E-state index in [2.05, 4.69) is 23.8 Å². The van der Waals surface area contributed by atoms with Crippen LogP contribution < -0.4 is 5.73 Å². The van der Waals surface area contributed by atoms with Crippen LogP contribution >= 0.6 is 0 Å². The van der Waals surface area contributed by atoms with Gasteiger partial charge in [0.2, 0.25) is 0 Å². The van der Waals surface area contributed by atoms with E-state index in [1.54, 1.807) is 0 Å². The highest BCUT2D eigenvalue weighted by atomic mass is 14.9. The van der Waals surface area contributed by atoms with E-state index >= 15 is 0 Å². The second-order valence-electron chi connectivity index (χ2n) is 4.32. The molecule has 0 atom stereocenters. The molecule has 88 valence electrons. The van der Waals surface area contributed by atoms with E-state index in [0.717, 1.165) is 22.6 Å². The van der Waals surface area contributed by atoms with Gasteiger partial charge in [0.15, 0.2) is 0 Å². The Kier molecular flexibility index (Phi) is 2.95. The molecule has 0 amide bonds. The first-order valence-corrected chi connectivity index (χ1v) is 5.58. The second-order valence-corrected chi connectivity index (χ2v) is 4.32. The molecule has 1 aromatic carbocycles. The number of amidine groups is 1. The van der Waals surface area contributed by atoms with Crippen LogP contribution in [0.2, 0.25) is 0 Å². The number of aromatic nitrogens is 2. The van der Waals surface area contributed by atoms with Crippen molar-refractivity contribution in [3.05, 3.63) is 41.9 Å². The van der Waals surface area contributed by atoms with Crippen LogP contribution in [0, 0.1) is 5.41 Å². The van der Waals surface area contributed by atoms with Crippen molar-refractivity contribution in [2.75, 3.05) is 0 Å². The van der Waals surface area contributed by atoms with Gasteiger partial charge in [0.1, 0.15) is 11.7 Å². The molecular weight excluding hydrogens is 212 g/mol. The summed E-state index contributed by atoms with van der Waals surface area (Å²) in [5.41, 5.74) is 8.08. The Morgan fingerprint density at radius 1 is 1.29 bits per heavy atom. The number of nitrogens with zero attached hydrogens (tertiary/aromatic N) is 1. The molecular formula is C13H16N4. The molecule has 0 saturated carbocycles. The Balaban J connectivity index is 2.30. The van der Waals surface area contributed by atoms with Crippen molar-refractivity contribution >= 4 is 5.84 Å². The van der Waals surface area contributed by atoms with E-state index in [1.165, 1.54) is 0 Å². The third-order valence-corrected chi connectivity index (χ3v) is 2.64. The van der Waals surface area contributed by atoms with Gasteiger partial charge in [-0.3, -0.25) is 5.41 Å². The number of nitrogens with two attached hydrogens (primary N) is 1. The van der Waals surface area contributed by atoms with Crippen LogP contribution in [0.25, 0.3) is 11.3 Å². The van der Waals surface area contributed by atoms with Gasteiger partial charge in [0, 0.05) is 23.2 Å². The van der Waals surface area contributed by atoms with Gasteiger partial charge in [-0.2, -0.15) is 0 Å². The van der Waals surface area contributed by atoms with E-state index in [0.29, 0.717) is 5.92 Å². The maximum absolute atomic E-state index is 7.33. The molecule has 4 heteroatoms. The Morgan fingerprint density at radius 3 is 2.41 bits per heavy atom. The lowest BCUT2D eigenvalue weighted by atomic mass is 10.1. The fourth-order valence-corrected chi connectivity index (χ4v) is 1.60. The normalized spacial score (nSPS) is 10.8. The molecule has 2 rings (SSSR count). The summed E-state index contributed by atoms with van der Waals surface area (Å²) in [4.78, 5) is 7.68. The lowest BCUT2D eigenvalue weighted by molar-refractivity contribution is 0.795. The van der Waals surface area contributed by atoms with Gasteiger partial charge < -0.3 is 10.7 Å². The second kappa shape index (κ2) is 4.41. The first-order valence-electron chi connectivity index (χ1n) is 5.58. The number of nitrogen functional groups attached to an aromatic ring is 1. The first kappa shape index (κ1) is 11.4. The molecule has 0 spiro atoms. The van der Waals surface area contributed by atoms with Crippen LogP contribution in [-0.2, 0) is 0 Å². The lowest BCUT2D eigenvalue weighted by Gasteiger charge is -2.00. The molecule has 0 aliphatic carbocycles. The van der Waals surface area contributed by atoms with E-state index in [1.807, 2.05) is 30.5 Å². The van der Waals surface area contributed by atoms with Gasteiger partial charge in [-0.1, -0.05) is 38.1 Å². The summed E-state index contributed by atoms with van der Waals surface area (Å²) in [6, 6.07) is 7.52. The molecule has 4 N–H and O–H groups in total. The summed E-state index contributed by atoms with van der Waals surface area (Å²) >= 11 is 0. The number of aromatic amines is 1. The molecule has 2 aromatic rings. The van der Waals surface area contributed by atoms with Crippen molar-refractivity contribution in [2.45, 2.75) is 19.8 Å². The average molecular weight is 228 g/mol. The zero-order valence-corrected chi connectivity index (χ0v) is 9.99. The van der Waals surface area contributed by atoms with E-state index in [4.69, 9.17) is 11.1 Å². The first-order chi connectivity index (χ1) is 8.08. The Bertz CT molecular complexity index is 523. The topological polar surface area (TPSA) is 78.6 Å². The van der Waals surface area contributed by atoms with Crippen molar-refractivity contribution in [2.24, 2.45) is 5.73 Å². The van der Waals surface area contributed by atoms with Gasteiger partial charge in [-0.25, -0.2) is 4.98 Å². The number of hydrogen-bond acceptors (Lipinski definition) is 2. The standard InChI is InChI=1S/C13H16N4/c1-8(2)13-16-7-11(17-13)9-3-5-10(6-4-9)12(14)15/h3-8H,1-2H3,(H3,14,15)(H,16,17). The zero-order chi connectivity index (χ0) is 12.4. The summed E-state index contributed by atoms with van der Waals surface area (Å²) in [6.45, 7) is 4.20. The van der Waals surface area contributed by atoms with E-state index in [-0.39, 0.29) is 5.84 Å². The van der Waals surface area contributed by atoms with Crippen molar-refractivity contribution in [1.29, 1.82) is 5.41 Å². The quantitative estimate of drug-likeness (QED) is 0.557. The number of benzene rings is 1. The third kappa shape index (κ3) is 2.36. The molecule has 4 nitrogen and oxygen atoms in total. The predicted octanol–water partition coefficient (Wildman–Crippen LogP) is 2.48. The molecule has 1 aromatic heterocycles. The molecule has 0 saturated heterocycles. The summed E-state index contributed by atoms with van der Waals surface area (Å²) in [7, 11) is 0. The van der Waals surface area contributed by atoms with Gasteiger partial charge in [0.25, 0.3) is 0 Å². The van der Waals surface area contributed by atoms with Crippen LogP contribution in [0.4, 0.5) is 0 Å². The van der Waals surface area contributed by atoms with Crippen LogP contribution in [0.3, 0.4) is 0 Å². The minimum atomic E-state index is 0.0847. The molecule has 0 fully saturated rings. The molecule has 17 heavy (non-hydrogen) atoms. The maximum atomic E-state index is 7.33. The number of rotatable bonds is 3. The highest BCUT2D eigenvalue weighted by Crippen LogP contribution is 2.20. The minimum Gasteiger partial charge on any atom is -0.384 e. The third-order valence-electron chi connectivity index (χ3n) is 2.64. The number of nitrogens with one attached hydrogen (secondary N) is 2. The van der Waals surface area contributed by atoms with Crippen molar-refractivity contribution < 1.29 is 0 Å². The van der Waals surface area contributed by atoms with Crippen molar-refractivity contribution in [3.8, 4) is 11.3 Å². The summed E-state index contributed by atoms with van der Waals surface area (Å²) < 4.78 is 0. The van der Waals surface area contributed by atoms with Gasteiger partial charge in [-0.15, -0.1) is 0 Å². The molecule has 0 aliphatic rings. The van der Waals surface area contributed by atoms with Crippen molar-refractivity contribution in [3.63, 3.8) is 0 Å². The van der Waals surface area contributed by atoms with Gasteiger partial charge >= 0.3 is 0 Å². The maximum Gasteiger partial charge on any atom is 0.122 e. The van der Waals surface area contributed by atoms with Gasteiger partial charge in [0.05, 0.1) is 5.69 Å². The number of hydrogen-bond donors (Lipinski definition) is 3.